The zero-order chi connectivity index (χ0) is 15.4. The lowest BCUT2D eigenvalue weighted by molar-refractivity contribution is -0.135. The Balaban J connectivity index is 0.00000192. The van der Waals surface area contributed by atoms with Gasteiger partial charge in [-0.2, -0.15) is 0 Å². The number of rotatable bonds is 4. The molecule has 0 saturated carbocycles. The first-order valence-corrected chi connectivity index (χ1v) is 8.66. The summed E-state index contributed by atoms with van der Waals surface area (Å²) in [5, 5.41) is 3.47. The van der Waals surface area contributed by atoms with Gasteiger partial charge in [0.1, 0.15) is 0 Å². The number of halogens is 1. The highest BCUT2D eigenvalue weighted by Gasteiger charge is 2.32. The number of piperazine rings is 1. The van der Waals surface area contributed by atoms with Crippen LogP contribution in [0.15, 0.2) is 0 Å². The lowest BCUT2D eigenvalue weighted by Crippen LogP contribution is -2.53. The van der Waals surface area contributed by atoms with E-state index in [0.717, 1.165) is 72.1 Å². The lowest BCUT2D eigenvalue weighted by Gasteiger charge is -2.39. The third-order valence-electron chi connectivity index (χ3n) is 5.25. The molecule has 3 fully saturated rings. The summed E-state index contributed by atoms with van der Waals surface area (Å²) < 4.78 is 5.34. The number of amides is 1. The number of hydrogen-bond donors (Lipinski definition) is 1. The van der Waals surface area contributed by atoms with Crippen LogP contribution in [-0.2, 0) is 9.53 Å². The molecule has 0 aromatic rings. The highest BCUT2D eigenvalue weighted by atomic mass is 35.5. The molecule has 3 aliphatic rings. The van der Waals surface area contributed by atoms with Gasteiger partial charge in [0, 0.05) is 52.4 Å². The first kappa shape index (κ1) is 18.9. The Hall–Kier alpha value is -0.400. The molecule has 3 rings (SSSR count). The summed E-state index contributed by atoms with van der Waals surface area (Å²) >= 11 is 0. The van der Waals surface area contributed by atoms with Crippen LogP contribution in [0.2, 0.25) is 0 Å². The predicted molar refractivity (Wildman–Crippen MR) is 93.1 cm³/mol. The molecule has 1 atom stereocenters. The summed E-state index contributed by atoms with van der Waals surface area (Å²) in [5.74, 6) is 0.287. The van der Waals surface area contributed by atoms with E-state index in [1.807, 2.05) is 4.90 Å². The van der Waals surface area contributed by atoms with E-state index in [-0.39, 0.29) is 18.3 Å². The number of morpholine rings is 1. The molecular weight excluding hydrogens is 316 g/mol. The van der Waals surface area contributed by atoms with E-state index in [4.69, 9.17) is 4.74 Å². The minimum absolute atomic E-state index is 0. The molecule has 0 aliphatic carbocycles. The molecule has 1 amide bonds. The molecule has 1 unspecified atom stereocenters. The highest BCUT2D eigenvalue weighted by Crippen LogP contribution is 2.26. The van der Waals surface area contributed by atoms with Crippen LogP contribution in [0.5, 0.6) is 0 Å². The number of nitrogens with one attached hydrogen (secondary N) is 1. The minimum Gasteiger partial charge on any atom is -0.379 e. The largest absolute Gasteiger partial charge is 0.379 e. The van der Waals surface area contributed by atoms with Crippen molar-refractivity contribution in [3.05, 3.63) is 0 Å². The van der Waals surface area contributed by atoms with Gasteiger partial charge in [0.15, 0.2) is 0 Å². The van der Waals surface area contributed by atoms with E-state index in [1.165, 1.54) is 6.42 Å². The molecule has 3 saturated heterocycles. The molecule has 0 aromatic carbocycles. The Morgan fingerprint density at radius 3 is 2.39 bits per heavy atom. The predicted octanol–water partition coefficient (Wildman–Crippen LogP) is -0.116. The van der Waals surface area contributed by atoms with E-state index in [9.17, 15) is 4.79 Å². The van der Waals surface area contributed by atoms with Gasteiger partial charge in [0.2, 0.25) is 5.91 Å². The van der Waals surface area contributed by atoms with Crippen molar-refractivity contribution in [1.29, 1.82) is 0 Å². The van der Waals surface area contributed by atoms with Gasteiger partial charge in [0.25, 0.3) is 0 Å². The Kier molecular flexibility index (Phi) is 7.10. The first-order valence-electron chi connectivity index (χ1n) is 8.66. The monoisotopic (exact) mass is 346 g/mol. The van der Waals surface area contributed by atoms with Crippen molar-refractivity contribution < 1.29 is 9.53 Å². The van der Waals surface area contributed by atoms with Crippen LogP contribution < -0.4 is 5.32 Å². The molecule has 7 heteroatoms. The van der Waals surface area contributed by atoms with Gasteiger partial charge >= 0.3 is 0 Å². The molecule has 6 nitrogen and oxygen atoms in total. The summed E-state index contributed by atoms with van der Waals surface area (Å²) in [7, 11) is 0. The maximum atomic E-state index is 12.4. The highest BCUT2D eigenvalue weighted by molar-refractivity contribution is 5.85. The second kappa shape index (κ2) is 8.62. The van der Waals surface area contributed by atoms with Crippen molar-refractivity contribution in [2.75, 3.05) is 78.7 Å². The molecule has 3 heterocycles. The average molecular weight is 347 g/mol. The van der Waals surface area contributed by atoms with Crippen LogP contribution in [0.4, 0.5) is 0 Å². The number of hydrogen-bond acceptors (Lipinski definition) is 5. The van der Waals surface area contributed by atoms with Gasteiger partial charge in [-0.05, 0) is 18.4 Å². The zero-order valence-corrected chi connectivity index (χ0v) is 15.1. The second-order valence-electron chi connectivity index (χ2n) is 7.28. The third kappa shape index (κ3) is 5.29. The molecule has 0 bridgehead atoms. The SMILES string of the molecule is CC1(CN2CCN(C(=O)CN3CCOCC3)CC2)CCNC1.Cl. The minimum atomic E-state index is 0. The van der Waals surface area contributed by atoms with E-state index in [2.05, 4.69) is 22.0 Å². The fourth-order valence-electron chi connectivity index (χ4n) is 3.75. The lowest BCUT2D eigenvalue weighted by atomic mass is 9.89. The van der Waals surface area contributed by atoms with E-state index in [1.54, 1.807) is 0 Å². The smallest absolute Gasteiger partial charge is 0.236 e. The molecule has 0 radical (unpaired) electrons. The van der Waals surface area contributed by atoms with Crippen molar-refractivity contribution in [2.24, 2.45) is 5.41 Å². The summed E-state index contributed by atoms with van der Waals surface area (Å²) in [6.07, 6.45) is 1.27. The first-order chi connectivity index (χ1) is 10.6. The van der Waals surface area contributed by atoms with Crippen LogP contribution >= 0.6 is 12.4 Å². The van der Waals surface area contributed by atoms with Gasteiger partial charge < -0.3 is 15.0 Å². The Morgan fingerprint density at radius 1 is 1.09 bits per heavy atom. The number of ether oxygens (including phenoxy) is 1. The van der Waals surface area contributed by atoms with Gasteiger partial charge in [0.05, 0.1) is 19.8 Å². The van der Waals surface area contributed by atoms with Crippen molar-refractivity contribution >= 4 is 18.3 Å². The normalized spacial score (nSPS) is 30.2. The van der Waals surface area contributed by atoms with Crippen LogP contribution in [0.25, 0.3) is 0 Å². The zero-order valence-electron chi connectivity index (χ0n) is 14.3. The molecule has 0 aromatic heterocycles. The van der Waals surface area contributed by atoms with Gasteiger partial charge in [-0.3, -0.25) is 14.6 Å². The van der Waals surface area contributed by atoms with Crippen LogP contribution in [0, 0.1) is 5.41 Å². The molecule has 134 valence electrons. The van der Waals surface area contributed by atoms with E-state index < -0.39 is 0 Å². The fraction of sp³-hybridized carbons (Fsp3) is 0.938. The number of nitrogens with zero attached hydrogens (tertiary/aromatic N) is 3. The standard InChI is InChI=1S/C16H30N4O2.ClH/c1-16(2-3-17-13-16)14-19-4-6-20(7-5-19)15(21)12-18-8-10-22-11-9-18;/h17H,2-14H2,1H3;1H. The summed E-state index contributed by atoms with van der Waals surface area (Å²) in [4.78, 5) is 19.2. The molecule has 0 spiro atoms. The van der Waals surface area contributed by atoms with Crippen molar-refractivity contribution in [3.8, 4) is 0 Å². The number of carbonyl (C=O) groups excluding carboxylic acids is 1. The van der Waals surface area contributed by atoms with Crippen molar-refractivity contribution in [2.45, 2.75) is 13.3 Å². The van der Waals surface area contributed by atoms with Gasteiger partial charge in [-0.15, -0.1) is 12.4 Å². The molecule has 1 N–H and O–H groups in total. The van der Waals surface area contributed by atoms with Crippen molar-refractivity contribution in [3.63, 3.8) is 0 Å². The quantitative estimate of drug-likeness (QED) is 0.769. The Labute approximate surface area is 145 Å². The maximum absolute atomic E-state index is 12.4. The van der Waals surface area contributed by atoms with E-state index >= 15 is 0 Å². The Morgan fingerprint density at radius 2 is 1.78 bits per heavy atom. The topological polar surface area (TPSA) is 48.0 Å². The molecular formula is C16H31ClN4O2. The van der Waals surface area contributed by atoms with Crippen molar-refractivity contribution in [1.82, 2.24) is 20.0 Å². The molecule has 23 heavy (non-hydrogen) atoms. The van der Waals surface area contributed by atoms with Gasteiger partial charge in [-0.1, -0.05) is 6.92 Å². The maximum Gasteiger partial charge on any atom is 0.236 e. The third-order valence-corrected chi connectivity index (χ3v) is 5.25. The Bertz CT molecular complexity index is 376. The van der Waals surface area contributed by atoms with Gasteiger partial charge in [-0.25, -0.2) is 0 Å². The summed E-state index contributed by atoms with van der Waals surface area (Å²) in [5.41, 5.74) is 0.417. The summed E-state index contributed by atoms with van der Waals surface area (Å²) in [6.45, 7) is 13.5. The second-order valence-corrected chi connectivity index (χ2v) is 7.28. The fourth-order valence-corrected chi connectivity index (χ4v) is 3.75. The van der Waals surface area contributed by atoms with Crippen LogP contribution in [0.3, 0.4) is 0 Å². The molecule has 3 aliphatic heterocycles. The van der Waals surface area contributed by atoms with E-state index in [0.29, 0.717) is 12.0 Å². The summed E-state index contributed by atoms with van der Waals surface area (Å²) in [6, 6.07) is 0. The van der Waals surface area contributed by atoms with Crippen LogP contribution in [0.1, 0.15) is 13.3 Å². The average Bonchev–Trinajstić information content (AvgIpc) is 2.95. The van der Waals surface area contributed by atoms with Crippen LogP contribution in [-0.4, -0.2) is 99.3 Å². The number of carbonyl (C=O) groups is 1.